The van der Waals surface area contributed by atoms with Gasteiger partial charge in [-0.15, -0.1) is 0 Å². The summed E-state index contributed by atoms with van der Waals surface area (Å²) in [5, 5.41) is 21.6. The number of hydrogen-bond acceptors (Lipinski definition) is 8. The smallest absolute Gasteiger partial charge is 0.778 e. The van der Waals surface area contributed by atoms with Crippen molar-refractivity contribution in [3.8, 4) is 11.5 Å². The zero-order chi connectivity index (χ0) is 39.3. The number of benzene rings is 2. The molecule has 2 N–H and O–H groups in total. The number of phenols is 2. The predicted molar refractivity (Wildman–Crippen MR) is 211 cm³/mol. The minimum atomic E-state index is -3.90. The van der Waals surface area contributed by atoms with Crippen LogP contribution in [0, 0.1) is 0 Å². The van der Waals surface area contributed by atoms with Crippen LogP contribution in [0.4, 0.5) is 0 Å². The second-order valence-electron chi connectivity index (χ2n) is 17.8. The van der Waals surface area contributed by atoms with Crippen LogP contribution in [0.2, 0.25) is 0 Å². The molecule has 2 aromatic carbocycles. The van der Waals surface area contributed by atoms with E-state index in [2.05, 4.69) is 83.1 Å². The van der Waals surface area contributed by atoms with Gasteiger partial charge in [-0.3, -0.25) is 0 Å². The third-order valence-electron chi connectivity index (χ3n) is 9.16. The van der Waals surface area contributed by atoms with Crippen LogP contribution < -0.4 is 9.79 Å². The molecule has 0 bridgehead atoms. The molecule has 0 amide bonds. The Morgan fingerprint density at radius 2 is 0.784 bits per heavy atom. The molecule has 0 aliphatic rings. The van der Waals surface area contributed by atoms with Gasteiger partial charge in [0.15, 0.2) is 0 Å². The molecule has 0 fully saturated rings. The van der Waals surface area contributed by atoms with Gasteiger partial charge in [0.1, 0.15) is 26.7 Å². The molecule has 51 heavy (non-hydrogen) atoms. The fourth-order valence-corrected chi connectivity index (χ4v) is 8.78. The molecule has 8 nitrogen and oxygen atoms in total. The molecular weight excluding hydrogens is 710 g/mol. The molecule has 0 aliphatic heterocycles. The van der Waals surface area contributed by atoms with Gasteiger partial charge >= 0.3 is 37.7 Å². The molecule has 4 unspecified atom stereocenters. The molecule has 0 spiro atoms. The van der Waals surface area contributed by atoms with Crippen LogP contribution in [0.15, 0.2) is 24.3 Å². The zero-order valence-corrected chi connectivity index (χ0v) is 38.6. The maximum atomic E-state index is 12.3. The summed E-state index contributed by atoms with van der Waals surface area (Å²) in [6, 6.07) is 7.79. The van der Waals surface area contributed by atoms with Crippen molar-refractivity contribution in [3.05, 3.63) is 57.6 Å². The molecule has 0 saturated carbocycles. The van der Waals surface area contributed by atoms with Crippen molar-refractivity contribution in [2.75, 3.05) is 14.2 Å². The molecule has 0 heterocycles. The number of rotatable bonds is 12. The first-order chi connectivity index (χ1) is 22.5. The molecule has 11 heteroatoms. The van der Waals surface area contributed by atoms with Gasteiger partial charge in [0.25, 0.3) is 0 Å². The van der Waals surface area contributed by atoms with E-state index in [0.717, 1.165) is 46.2 Å². The fraction of sp³-hybridized carbons (Fsp3) is 0.700. The molecule has 4 atom stereocenters. The summed E-state index contributed by atoms with van der Waals surface area (Å²) < 4.78 is 34.1. The van der Waals surface area contributed by atoms with Crippen LogP contribution in [-0.4, -0.2) is 73.5 Å². The van der Waals surface area contributed by atoms with Gasteiger partial charge in [0.2, 0.25) is 0 Å². The van der Waals surface area contributed by atoms with Crippen molar-refractivity contribution in [1.82, 2.24) is 0 Å². The maximum Gasteiger partial charge on any atom is 2.00 e. The van der Waals surface area contributed by atoms with Crippen molar-refractivity contribution < 1.29 is 38.2 Å². The predicted octanol–water partition coefficient (Wildman–Crippen LogP) is 9.42. The molecular formula is C40H68CaO8P2. The fourth-order valence-electron chi connectivity index (χ4n) is 6.16. The monoisotopic (exact) mass is 778 g/mol. The van der Waals surface area contributed by atoms with Crippen LogP contribution >= 0.6 is 15.2 Å². The van der Waals surface area contributed by atoms with Crippen molar-refractivity contribution in [1.29, 1.82) is 0 Å². The van der Waals surface area contributed by atoms with E-state index in [1.165, 1.54) is 14.2 Å². The molecule has 2 rings (SSSR count). The average Bonchev–Trinajstić information content (AvgIpc) is 2.96. The average molecular weight is 779 g/mol. The SMILES string of the molecule is CCCC(Cc1cc(C(C)(C)C)c(O)c(C(C)(C)C)c1)P(=O)([O-])OC.CCCC(Cc1cc(C(C)(C)C)c(O)c(C(C)(C)C)c1)P(=O)([O-])OC.[Ca+2]. The molecule has 2 aromatic rings. The Hall–Kier alpha value is -0.400. The molecule has 288 valence electrons. The van der Waals surface area contributed by atoms with E-state index in [-0.39, 0.29) is 59.4 Å². The van der Waals surface area contributed by atoms with Crippen molar-refractivity contribution in [3.63, 3.8) is 0 Å². The summed E-state index contributed by atoms with van der Waals surface area (Å²) in [6.45, 7) is 28.6. The Balaban J connectivity index is 0.000000962. The Labute approximate surface area is 340 Å². The van der Waals surface area contributed by atoms with E-state index in [1.54, 1.807) is 0 Å². The van der Waals surface area contributed by atoms with Crippen LogP contribution in [0.5, 0.6) is 11.5 Å². The van der Waals surface area contributed by atoms with Crippen LogP contribution in [0.25, 0.3) is 0 Å². The van der Waals surface area contributed by atoms with E-state index >= 15 is 0 Å². The molecule has 0 saturated heterocycles. The summed E-state index contributed by atoms with van der Waals surface area (Å²) in [6.07, 6.45) is 3.47. The number of aromatic hydroxyl groups is 2. The van der Waals surface area contributed by atoms with E-state index in [9.17, 15) is 29.1 Å². The maximum absolute atomic E-state index is 12.3. The Morgan fingerprint density at radius 1 is 0.569 bits per heavy atom. The third kappa shape index (κ3) is 14.6. The van der Waals surface area contributed by atoms with Gasteiger partial charge in [0, 0.05) is 25.5 Å². The Bertz CT molecular complexity index is 1330. The van der Waals surface area contributed by atoms with Crippen molar-refractivity contribution in [2.45, 2.75) is 168 Å². The Morgan fingerprint density at radius 3 is 0.941 bits per heavy atom. The van der Waals surface area contributed by atoms with Crippen molar-refractivity contribution >= 4 is 52.9 Å². The number of phenolic OH excluding ortho intramolecular Hbond substituents is 2. The minimum Gasteiger partial charge on any atom is -0.778 e. The first kappa shape index (κ1) is 50.6. The quantitative estimate of drug-likeness (QED) is 0.161. The summed E-state index contributed by atoms with van der Waals surface area (Å²) in [4.78, 5) is 24.6. The van der Waals surface area contributed by atoms with E-state index in [1.807, 2.05) is 38.1 Å². The standard InChI is InChI=1S/2C20H35O4P.Ca/c2*1-9-10-15(25(22,23)24-8)11-14-12-16(19(2,3)4)18(21)17(13-14)20(5,6)7;/h2*12-13,15,21H,9-11H2,1-8H3,(H,22,23);/q;;+2/p-2. The van der Waals surface area contributed by atoms with Crippen molar-refractivity contribution in [2.24, 2.45) is 0 Å². The number of hydrogen-bond donors (Lipinski definition) is 2. The molecule has 0 radical (unpaired) electrons. The normalized spacial score (nSPS) is 16.2. The summed E-state index contributed by atoms with van der Waals surface area (Å²) in [7, 11) is -5.34. The second-order valence-corrected chi connectivity index (χ2v) is 22.2. The molecule has 0 aliphatic carbocycles. The van der Waals surface area contributed by atoms with Gasteiger partial charge in [-0.05, 0) is 80.7 Å². The summed E-state index contributed by atoms with van der Waals surface area (Å²) >= 11 is 0. The summed E-state index contributed by atoms with van der Waals surface area (Å²) in [5.41, 5.74) is 3.23. The third-order valence-corrected chi connectivity index (χ3v) is 12.8. The Kier molecular flexibility index (Phi) is 19.3. The largest absolute Gasteiger partial charge is 2.00 e. The second kappa shape index (κ2) is 19.5. The summed E-state index contributed by atoms with van der Waals surface area (Å²) in [5.74, 6) is 0.626. The van der Waals surface area contributed by atoms with E-state index < -0.39 is 26.5 Å². The van der Waals surface area contributed by atoms with Gasteiger partial charge < -0.3 is 38.2 Å². The minimum absolute atomic E-state index is 0. The van der Waals surface area contributed by atoms with Crippen LogP contribution in [0.1, 0.15) is 156 Å². The van der Waals surface area contributed by atoms with Gasteiger partial charge in [-0.2, -0.15) is 0 Å². The zero-order valence-electron chi connectivity index (χ0n) is 34.7. The van der Waals surface area contributed by atoms with E-state index in [0.29, 0.717) is 37.2 Å². The van der Waals surface area contributed by atoms with Crippen LogP contribution in [-0.2, 0) is 52.7 Å². The van der Waals surface area contributed by atoms with Crippen LogP contribution in [0.3, 0.4) is 0 Å². The first-order valence-electron chi connectivity index (χ1n) is 17.9. The van der Waals surface area contributed by atoms with Gasteiger partial charge in [0.05, 0.1) is 0 Å². The topological polar surface area (TPSA) is 139 Å². The van der Waals surface area contributed by atoms with Gasteiger partial charge in [-0.25, -0.2) is 0 Å². The van der Waals surface area contributed by atoms with Gasteiger partial charge in [-0.1, -0.05) is 134 Å². The van der Waals surface area contributed by atoms with E-state index in [4.69, 9.17) is 9.05 Å². The molecule has 0 aromatic heterocycles. The first-order valence-corrected chi connectivity index (χ1v) is 21.2.